The molecule has 100 valence electrons. The Hall–Kier alpha value is -1.88. The largest absolute Gasteiger partial charge is 0.389 e. The number of hydrogen-bond donors (Lipinski definition) is 2. The molecule has 0 unspecified atom stereocenters. The molecule has 0 aliphatic carbocycles. The van der Waals surface area contributed by atoms with E-state index in [4.69, 9.17) is 18.0 Å². The Labute approximate surface area is 118 Å². The molecule has 0 aliphatic heterocycles. The van der Waals surface area contributed by atoms with Crippen molar-refractivity contribution < 1.29 is 0 Å². The minimum atomic E-state index is 0.356. The molecule has 1 heterocycles. The zero-order valence-corrected chi connectivity index (χ0v) is 12.2. The summed E-state index contributed by atoms with van der Waals surface area (Å²) < 4.78 is 1.92. The summed E-state index contributed by atoms with van der Waals surface area (Å²) in [5.74, 6) is 0. The lowest BCUT2D eigenvalue weighted by molar-refractivity contribution is 0.532. The zero-order chi connectivity index (χ0) is 14.0. The SMILES string of the molecule is Cc1cc(Nc2cnn(C(C)C)c2)ccc1C(N)=S. The van der Waals surface area contributed by atoms with Crippen LogP contribution < -0.4 is 11.1 Å². The van der Waals surface area contributed by atoms with Crippen LogP contribution in [0.5, 0.6) is 0 Å². The maximum absolute atomic E-state index is 5.65. The van der Waals surface area contributed by atoms with E-state index in [1.807, 2.05) is 42.2 Å². The van der Waals surface area contributed by atoms with E-state index < -0.39 is 0 Å². The molecule has 2 rings (SSSR count). The van der Waals surface area contributed by atoms with E-state index in [-0.39, 0.29) is 0 Å². The molecule has 0 bridgehead atoms. The third-order valence-corrected chi connectivity index (χ3v) is 3.13. The van der Waals surface area contributed by atoms with Crippen LogP contribution in [-0.2, 0) is 0 Å². The van der Waals surface area contributed by atoms with Crippen molar-refractivity contribution in [1.29, 1.82) is 0 Å². The van der Waals surface area contributed by atoms with Crippen molar-refractivity contribution in [2.45, 2.75) is 26.8 Å². The second-order valence-corrected chi connectivity index (χ2v) is 5.26. The predicted molar refractivity (Wildman–Crippen MR) is 83.0 cm³/mol. The van der Waals surface area contributed by atoms with E-state index >= 15 is 0 Å². The molecular weight excluding hydrogens is 256 g/mol. The molecule has 0 saturated heterocycles. The molecule has 0 spiro atoms. The van der Waals surface area contributed by atoms with Gasteiger partial charge in [-0.25, -0.2) is 0 Å². The van der Waals surface area contributed by atoms with Gasteiger partial charge in [-0.2, -0.15) is 5.10 Å². The summed E-state index contributed by atoms with van der Waals surface area (Å²) in [6.45, 7) is 6.19. The Morgan fingerprint density at radius 1 is 1.37 bits per heavy atom. The molecule has 4 nitrogen and oxygen atoms in total. The predicted octanol–water partition coefficient (Wildman–Crippen LogP) is 3.15. The van der Waals surface area contributed by atoms with E-state index in [9.17, 15) is 0 Å². The van der Waals surface area contributed by atoms with Crippen molar-refractivity contribution in [3.63, 3.8) is 0 Å². The minimum Gasteiger partial charge on any atom is -0.389 e. The number of nitrogens with one attached hydrogen (secondary N) is 1. The number of hydrogen-bond acceptors (Lipinski definition) is 3. The van der Waals surface area contributed by atoms with Crippen LogP contribution in [0.2, 0.25) is 0 Å². The van der Waals surface area contributed by atoms with Crippen LogP contribution >= 0.6 is 12.2 Å². The number of anilines is 2. The minimum absolute atomic E-state index is 0.356. The van der Waals surface area contributed by atoms with Crippen molar-refractivity contribution >= 4 is 28.6 Å². The summed E-state index contributed by atoms with van der Waals surface area (Å²) in [6, 6.07) is 6.29. The van der Waals surface area contributed by atoms with Gasteiger partial charge in [0.25, 0.3) is 0 Å². The molecule has 0 fully saturated rings. The molecular formula is C14H18N4S. The normalized spacial score (nSPS) is 10.7. The average Bonchev–Trinajstić information content (AvgIpc) is 2.77. The van der Waals surface area contributed by atoms with Crippen LogP contribution in [0.3, 0.4) is 0 Å². The highest BCUT2D eigenvalue weighted by atomic mass is 32.1. The number of rotatable bonds is 4. The maximum atomic E-state index is 5.65. The molecule has 0 amide bonds. The number of thiocarbonyl (C=S) groups is 1. The molecule has 0 radical (unpaired) electrons. The number of benzene rings is 1. The third-order valence-electron chi connectivity index (χ3n) is 2.91. The summed E-state index contributed by atoms with van der Waals surface area (Å²) in [5.41, 5.74) is 9.60. The van der Waals surface area contributed by atoms with E-state index in [1.54, 1.807) is 0 Å². The fraction of sp³-hybridized carbons (Fsp3) is 0.286. The average molecular weight is 274 g/mol. The van der Waals surface area contributed by atoms with Crippen LogP contribution in [0.25, 0.3) is 0 Å². The topological polar surface area (TPSA) is 55.9 Å². The van der Waals surface area contributed by atoms with Gasteiger partial charge in [0.1, 0.15) is 4.99 Å². The first-order chi connectivity index (χ1) is 8.97. The lowest BCUT2D eigenvalue weighted by Gasteiger charge is -2.08. The Bertz CT molecular complexity index is 601. The zero-order valence-electron chi connectivity index (χ0n) is 11.3. The highest BCUT2D eigenvalue weighted by molar-refractivity contribution is 7.80. The van der Waals surface area contributed by atoms with Gasteiger partial charge in [0.05, 0.1) is 11.9 Å². The second kappa shape index (κ2) is 5.40. The van der Waals surface area contributed by atoms with E-state index in [2.05, 4.69) is 24.3 Å². The van der Waals surface area contributed by atoms with Crippen molar-refractivity contribution in [1.82, 2.24) is 9.78 Å². The van der Waals surface area contributed by atoms with Crippen LogP contribution in [0, 0.1) is 6.92 Å². The molecule has 19 heavy (non-hydrogen) atoms. The molecule has 2 aromatic rings. The summed E-state index contributed by atoms with van der Waals surface area (Å²) in [5, 5.41) is 7.61. The monoisotopic (exact) mass is 274 g/mol. The van der Waals surface area contributed by atoms with Gasteiger partial charge in [-0.05, 0) is 44.5 Å². The number of nitrogens with two attached hydrogens (primary N) is 1. The van der Waals surface area contributed by atoms with Gasteiger partial charge < -0.3 is 11.1 Å². The van der Waals surface area contributed by atoms with Crippen LogP contribution in [-0.4, -0.2) is 14.8 Å². The first-order valence-corrected chi connectivity index (χ1v) is 6.60. The van der Waals surface area contributed by atoms with Crippen LogP contribution in [0.4, 0.5) is 11.4 Å². The van der Waals surface area contributed by atoms with E-state index in [0.717, 1.165) is 22.5 Å². The van der Waals surface area contributed by atoms with Gasteiger partial charge in [-0.1, -0.05) is 12.2 Å². The first kappa shape index (κ1) is 13.5. The molecule has 0 saturated carbocycles. The maximum Gasteiger partial charge on any atom is 0.104 e. The first-order valence-electron chi connectivity index (χ1n) is 6.19. The van der Waals surface area contributed by atoms with Gasteiger partial charge in [-0.3, -0.25) is 4.68 Å². The Kier molecular flexibility index (Phi) is 3.85. The quantitative estimate of drug-likeness (QED) is 0.841. The van der Waals surface area contributed by atoms with Gasteiger partial charge in [0.2, 0.25) is 0 Å². The lowest BCUT2D eigenvalue weighted by atomic mass is 10.1. The van der Waals surface area contributed by atoms with Crippen LogP contribution in [0.1, 0.15) is 31.0 Å². The molecule has 0 aliphatic rings. The smallest absolute Gasteiger partial charge is 0.104 e. The summed E-state index contributed by atoms with van der Waals surface area (Å²) in [7, 11) is 0. The Morgan fingerprint density at radius 3 is 2.63 bits per heavy atom. The summed E-state index contributed by atoms with van der Waals surface area (Å²) in [6.07, 6.45) is 3.80. The highest BCUT2D eigenvalue weighted by Gasteiger charge is 2.05. The van der Waals surface area contributed by atoms with Gasteiger partial charge >= 0.3 is 0 Å². The Balaban J connectivity index is 2.19. The third kappa shape index (κ3) is 3.12. The standard InChI is InChI=1S/C14H18N4S/c1-9(2)18-8-12(7-16-18)17-11-4-5-13(14(15)19)10(3)6-11/h4-9,17H,1-3H3,(H2,15,19). The molecule has 1 aromatic carbocycles. The van der Waals surface area contributed by atoms with Crippen molar-refractivity contribution in [3.05, 3.63) is 41.7 Å². The van der Waals surface area contributed by atoms with E-state index in [1.165, 1.54) is 0 Å². The van der Waals surface area contributed by atoms with Crippen molar-refractivity contribution in [2.75, 3.05) is 5.32 Å². The van der Waals surface area contributed by atoms with Crippen LogP contribution in [0.15, 0.2) is 30.6 Å². The molecule has 0 atom stereocenters. The fourth-order valence-electron chi connectivity index (χ4n) is 1.87. The number of aryl methyl sites for hydroxylation is 1. The van der Waals surface area contributed by atoms with Gasteiger partial charge in [0, 0.05) is 23.5 Å². The summed E-state index contributed by atoms with van der Waals surface area (Å²) in [4.78, 5) is 0.427. The number of aromatic nitrogens is 2. The lowest BCUT2D eigenvalue weighted by Crippen LogP contribution is -2.11. The van der Waals surface area contributed by atoms with Gasteiger partial charge in [0.15, 0.2) is 0 Å². The second-order valence-electron chi connectivity index (χ2n) is 4.82. The fourth-order valence-corrected chi connectivity index (χ4v) is 2.10. The van der Waals surface area contributed by atoms with Crippen molar-refractivity contribution in [3.8, 4) is 0 Å². The van der Waals surface area contributed by atoms with Crippen molar-refractivity contribution in [2.24, 2.45) is 5.73 Å². The summed E-state index contributed by atoms with van der Waals surface area (Å²) >= 11 is 5.00. The van der Waals surface area contributed by atoms with E-state index in [0.29, 0.717) is 11.0 Å². The molecule has 3 N–H and O–H groups in total. The molecule has 1 aromatic heterocycles. The Morgan fingerprint density at radius 2 is 2.11 bits per heavy atom. The molecule has 5 heteroatoms. The highest BCUT2D eigenvalue weighted by Crippen LogP contribution is 2.20. The van der Waals surface area contributed by atoms with Gasteiger partial charge in [-0.15, -0.1) is 0 Å². The number of nitrogens with zero attached hydrogens (tertiary/aromatic N) is 2.